The third-order valence-electron chi connectivity index (χ3n) is 4.06. The molecule has 3 heterocycles. The molecule has 0 fully saturated rings. The summed E-state index contributed by atoms with van der Waals surface area (Å²) in [5.41, 5.74) is 9.15. The Morgan fingerprint density at radius 1 is 1.23 bits per heavy atom. The standard InChI is InChI=1S/C19H14FN3OS2/c1-22-18(24)17-16(21)15-12(10-4-6-11(20)7-5-10)9-13(23-19(15)26-17)14-3-2-8-25-14/h2-9H,21H2,1H3,(H,22,24). The zero-order valence-corrected chi connectivity index (χ0v) is 15.4. The van der Waals surface area contributed by atoms with Crippen LogP contribution in [0, 0.1) is 5.82 Å². The Labute approximate surface area is 157 Å². The number of fused-ring (bicyclic) bond motifs is 1. The van der Waals surface area contributed by atoms with E-state index in [9.17, 15) is 9.18 Å². The molecule has 1 amide bonds. The number of nitrogens with one attached hydrogen (secondary N) is 1. The lowest BCUT2D eigenvalue weighted by molar-refractivity contribution is 0.0968. The Balaban J connectivity index is 2.04. The molecule has 7 heteroatoms. The lowest BCUT2D eigenvalue weighted by atomic mass is 10.0. The van der Waals surface area contributed by atoms with Crippen LogP contribution in [-0.2, 0) is 0 Å². The molecule has 4 nitrogen and oxygen atoms in total. The lowest BCUT2D eigenvalue weighted by Gasteiger charge is -2.08. The fraction of sp³-hybridized carbons (Fsp3) is 0.0526. The molecule has 3 N–H and O–H groups in total. The normalized spacial score (nSPS) is 11.0. The van der Waals surface area contributed by atoms with Crippen molar-refractivity contribution in [2.45, 2.75) is 0 Å². The van der Waals surface area contributed by atoms with Gasteiger partial charge in [0, 0.05) is 12.4 Å². The minimum Gasteiger partial charge on any atom is -0.397 e. The number of pyridine rings is 1. The van der Waals surface area contributed by atoms with E-state index < -0.39 is 0 Å². The summed E-state index contributed by atoms with van der Waals surface area (Å²) in [4.78, 5) is 19.0. The van der Waals surface area contributed by atoms with E-state index in [0.717, 1.165) is 27.1 Å². The maximum absolute atomic E-state index is 13.4. The smallest absolute Gasteiger partial charge is 0.263 e. The summed E-state index contributed by atoms with van der Waals surface area (Å²) < 4.78 is 13.4. The van der Waals surface area contributed by atoms with Gasteiger partial charge in [-0.15, -0.1) is 22.7 Å². The molecule has 0 radical (unpaired) electrons. The average Bonchev–Trinajstić information content (AvgIpc) is 3.29. The number of nitrogen functional groups attached to an aromatic ring is 1. The van der Waals surface area contributed by atoms with E-state index in [1.165, 1.54) is 23.5 Å². The molecule has 0 atom stereocenters. The van der Waals surface area contributed by atoms with E-state index >= 15 is 0 Å². The van der Waals surface area contributed by atoms with Crippen LogP contribution < -0.4 is 11.1 Å². The van der Waals surface area contributed by atoms with Gasteiger partial charge in [0.05, 0.1) is 16.3 Å². The van der Waals surface area contributed by atoms with Gasteiger partial charge in [0.1, 0.15) is 15.5 Å². The first kappa shape index (κ1) is 16.7. The molecule has 1 aromatic carbocycles. The third-order valence-corrected chi connectivity index (χ3v) is 6.05. The van der Waals surface area contributed by atoms with Gasteiger partial charge in [0.15, 0.2) is 0 Å². The average molecular weight is 383 g/mol. The van der Waals surface area contributed by atoms with Crippen molar-refractivity contribution in [3.05, 3.63) is 58.5 Å². The number of hydrogen-bond donors (Lipinski definition) is 2. The van der Waals surface area contributed by atoms with Crippen molar-refractivity contribution in [3.8, 4) is 21.7 Å². The van der Waals surface area contributed by atoms with E-state index in [1.807, 2.05) is 23.6 Å². The van der Waals surface area contributed by atoms with E-state index in [2.05, 4.69) is 5.32 Å². The summed E-state index contributed by atoms with van der Waals surface area (Å²) in [6, 6.07) is 12.1. The Morgan fingerprint density at radius 3 is 2.65 bits per heavy atom. The van der Waals surface area contributed by atoms with Crippen molar-refractivity contribution >= 4 is 44.5 Å². The molecular weight excluding hydrogens is 369 g/mol. The number of amides is 1. The van der Waals surface area contributed by atoms with Crippen molar-refractivity contribution in [1.29, 1.82) is 0 Å². The molecule has 0 bridgehead atoms. The van der Waals surface area contributed by atoms with Gasteiger partial charge < -0.3 is 11.1 Å². The highest BCUT2D eigenvalue weighted by atomic mass is 32.1. The van der Waals surface area contributed by atoms with Gasteiger partial charge in [0.25, 0.3) is 5.91 Å². The summed E-state index contributed by atoms with van der Waals surface area (Å²) >= 11 is 2.85. The Bertz CT molecular complexity index is 1100. The minimum absolute atomic E-state index is 0.242. The van der Waals surface area contributed by atoms with Gasteiger partial charge in [-0.25, -0.2) is 9.37 Å². The van der Waals surface area contributed by atoms with Crippen molar-refractivity contribution in [3.63, 3.8) is 0 Å². The van der Waals surface area contributed by atoms with Crippen LogP contribution in [0.2, 0.25) is 0 Å². The van der Waals surface area contributed by atoms with E-state index in [4.69, 9.17) is 10.7 Å². The molecule has 0 spiro atoms. The van der Waals surface area contributed by atoms with Crippen LogP contribution in [0.3, 0.4) is 0 Å². The largest absolute Gasteiger partial charge is 0.397 e. The summed E-state index contributed by atoms with van der Waals surface area (Å²) in [6.45, 7) is 0. The molecule has 130 valence electrons. The predicted molar refractivity (Wildman–Crippen MR) is 106 cm³/mol. The van der Waals surface area contributed by atoms with Crippen molar-refractivity contribution in [1.82, 2.24) is 10.3 Å². The topological polar surface area (TPSA) is 68.0 Å². The zero-order valence-electron chi connectivity index (χ0n) is 13.7. The first-order chi connectivity index (χ1) is 12.6. The van der Waals surface area contributed by atoms with Gasteiger partial charge in [-0.3, -0.25) is 4.79 Å². The van der Waals surface area contributed by atoms with Gasteiger partial charge in [0.2, 0.25) is 0 Å². The molecule has 4 rings (SSSR count). The number of benzene rings is 1. The number of aromatic nitrogens is 1. The molecule has 0 unspecified atom stereocenters. The zero-order chi connectivity index (χ0) is 18.3. The summed E-state index contributed by atoms with van der Waals surface area (Å²) in [6.07, 6.45) is 0. The molecule has 0 aliphatic carbocycles. The second-order valence-electron chi connectivity index (χ2n) is 5.64. The SMILES string of the molecule is CNC(=O)c1sc2nc(-c3cccs3)cc(-c3ccc(F)cc3)c2c1N. The van der Waals surface area contributed by atoms with E-state index in [1.54, 1.807) is 30.5 Å². The van der Waals surface area contributed by atoms with Crippen LogP contribution in [-0.4, -0.2) is 17.9 Å². The molecule has 26 heavy (non-hydrogen) atoms. The molecular formula is C19H14FN3OS2. The first-order valence-electron chi connectivity index (χ1n) is 7.83. The second kappa shape index (κ2) is 6.51. The van der Waals surface area contributed by atoms with Gasteiger partial charge >= 0.3 is 0 Å². The number of halogens is 1. The van der Waals surface area contributed by atoms with Gasteiger partial charge in [-0.05, 0) is 40.8 Å². The molecule has 0 saturated heterocycles. The monoisotopic (exact) mass is 383 g/mol. The van der Waals surface area contributed by atoms with Crippen LogP contribution in [0.5, 0.6) is 0 Å². The Hall–Kier alpha value is -2.77. The molecule has 0 saturated carbocycles. The number of anilines is 1. The maximum Gasteiger partial charge on any atom is 0.263 e. The van der Waals surface area contributed by atoms with Crippen molar-refractivity contribution in [2.75, 3.05) is 12.8 Å². The number of nitrogens with two attached hydrogens (primary N) is 1. The minimum atomic E-state index is -0.304. The number of rotatable bonds is 3. The van der Waals surface area contributed by atoms with Crippen molar-refractivity contribution in [2.24, 2.45) is 0 Å². The van der Waals surface area contributed by atoms with E-state index in [-0.39, 0.29) is 11.7 Å². The highest BCUT2D eigenvalue weighted by Gasteiger charge is 2.21. The first-order valence-corrected chi connectivity index (χ1v) is 9.53. The number of nitrogens with zero attached hydrogens (tertiary/aromatic N) is 1. The molecule has 3 aromatic heterocycles. The number of carbonyl (C=O) groups excluding carboxylic acids is 1. The predicted octanol–water partition coefficient (Wildman–Crippen LogP) is 4.77. The quantitative estimate of drug-likeness (QED) is 0.535. The molecule has 0 aliphatic rings. The number of thiophene rings is 2. The fourth-order valence-corrected chi connectivity index (χ4v) is 4.56. The van der Waals surface area contributed by atoms with Crippen molar-refractivity contribution < 1.29 is 9.18 Å². The van der Waals surface area contributed by atoms with Crippen LogP contribution in [0.25, 0.3) is 31.9 Å². The summed E-state index contributed by atoms with van der Waals surface area (Å²) in [5.74, 6) is -0.546. The van der Waals surface area contributed by atoms with Gasteiger partial charge in [-0.1, -0.05) is 18.2 Å². The molecule has 4 aromatic rings. The van der Waals surface area contributed by atoms with E-state index in [0.29, 0.717) is 15.4 Å². The highest BCUT2D eigenvalue weighted by Crippen LogP contribution is 2.41. The lowest BCUT2D eigenvalue weighted by Crippen LogP contribution is -2.17. The van der Waals surface area contributed by atoms with Gasteiger partial charge in [-0.2, -0.15) is 0 Å². The summed E-state index contributed by atoms with van der Waals surface area (Å²) in [5, 5.41) is 5.31. The number of hydrogen-bond acceptors (Lipinski definition) is 5. The Morgan fingerprint density at radius 2 is 2.00 bits per heavy atom. The molecule has 0 aliphatic heterocycles. The third kappa shape index (κ3) is 2.75. The summed E-state index contributed by atoms with van der Waals surface area (Å²) in [7, 11) is 1.57. The van der Waals surface area contributed by atoms with Crippen LogP contribution >= 0.6 is 22.7 Å². The number of carbonyl (C=O) groups is 1. The Kier molecular flexibility index (Phi) is 4.18. The highest BCUT2D eigenvalue weighted by molar-refractivity contribution is 7.21. The fourth-order valence-electron chi connectivity index (χ4n) is 2.81. The van der Waals surface area contributed by atoms with Crippen LogP contribution in [0.1, 0.15) is 9.67 Å². The van der Waals surface area contributed by atoms with Crippen LogP contribution in [0.4, 0.5) is 10.1 Å². The maximum atomic E-state index is 13.4. The second-order valence-corrected chi connectivity index (χ2v) is 7.59. The van der Waals surface area contributed by atoms with Crippen LogP contribution in [0.15, 0.2) is 47.8 Å².